The van der Waals surface area contributed by atoms with Crippen molar-refractivity contribution >= 4 is 40.2 Å². The van der Waals surface area contributed by atoms with Crippen molar-refractivity contribution in [1.29, 1.82) is 0 Å². The molecule has 0 aliphatic carbocycles. The Morgan fingerprint density at radius 3 is 2.71 bits per heavy atom. The predicted molar refractivity (Wildman–Crippen MR) is 97.1 cm³/mol. The second-order valence-electron chi connectivity index (χ2n) is 5.55. The SMILES string of the molecule is CN(C)C(=O)Nc1cc(Cl)cc(-c2ccc3nc(N)ncc3c2)c1. The number of amides is 2. The summed E-state index contributed by atoms with van der Waals surface area (Å²) in [6, 6.07) is 11.0. The Kier molecular flexibility index (Phi) is 4.22. The summed E-state index contributed by atoms with van der Waals surface area (Å²) in [5, 5.41) is 4.21. The Morgan fingerprint density at radius 1 is 1.17 bits per heavy atom. The molecule has 0 saturated heterocycles. The number of fused-ring (bicyclic) bond motifs is 1. The highest BCUT2D eigenvalue weighted by Gasteiger charge is 2.08. The lowest BCUT2D eigenvalue weighted by Crippen LogP contribution is -2.27. The maximum atomic E-state index is 11.8. The Balaban J connectivity index is 2.01. The molecule has 1 heterocycles. The summed E-state index contributed by atoms with van der Waals surface area (Å²) in [5.74, 6) is 0.242. The molecule has 3 aromatic rings. The number of halogens is 1. The van der Waals surface area contributed by atoms with E-state index in [0.717, 1.165) is 22.0 Å². The molecule has 0 atom stereocenters. The first-order valence-electron chi connectivity index (χ1n) is 7.24. The third-order valence-electron chi connectivity index (χ3n) is 3.49. The van der Waals surface area contributed by atoms with Crippen LogP contribution in [0.4, 0.5) is 16.4 Å². The predicted octanol–water partition coefficient (Wildman–Crippen LogP) is 3.63. The van der Waals surface area contributed by atoms with Crippen LogP contribution >= 0.6 is 11.6 Å². The molecule has 2 amide bonds. The van der Waals surface area contributed by atoms with Crippen LogP contribution in [0.1, 0.15) is 0 Å². The highest BCUT2D eigenvalue weighted by molar-refractivity contribution is 6.31. The van der Waals surface area contributed by atoms with E-state index in [1.165, 1.54) is 4.90 Å². The van der Waals surface area contributed by atoms with Crippen LogP contribution in [-0.4, -0.2) is 35.0 Å². The van der Waals surface area contributed by atoms with Crippen LogP contribution in [0.2, 0.25) is 5.02 Å². The van der Waals surface area contributed by atoms with Crippen molar-refractivity contribution in [1.82, 2.24) is 14.9 Å². The minimum Gasteiger partial charge on any atom is -0.368 e. The molecule has 0 aliphatic rings. The van der Waals surface area contributed by atoms with E-state index >= 15 is 0 Å². The van der Waals surface area contributed by atoms with Crippen LogP contribution in [-0.2, 0) is 0 Å². The molecule has 24 heavy (non-hydrogen) atoms. The average molecular weight is 342 g/mol. The van der Waals surface area contributed by atoms with Crippen molar-refractivity contribution in [2.24, 2.45) is 0 Å². The van der Waals surface area contributed by atoms with E-state index in [1.54, 1.807) is 26.4 Å². The number of hydrogen-bond acceptors (Lipinski definition) is 4. The Hall–Kier alpha value is -2.86. The normalized spacial score (nSPS) is 10.6. The van der Waals surface area contributed by atoms with Gasteiger partial charge in [-0.2, -0.15) is 0 Å². The van der Waals surface area contributed by atoms with Crippen LogP contribution in [0.5, 0.6) is 0 Å². The molecular weight excluding hydrogens is 326 g/mol. The molecule has 2 aromatic carbocycles. The van der Waals surface area contributed by atoms with Gasteiger partial charge in [0.15, 0.2) is 0 Å². The second-order valence-corrected chi connectivity index (χ2v) is 5.99. The molecule has 0 bridgehead atoms. The van der Waals surface area contributed by atoms with Crippen molar-refractivity contribution in [3.8, 4) is 11.1 Å². The fraction of sp³-hybridized carbons (Fsp3) is 0.118. The molecule has 0 fully saturated rings. The molecule has 1 aromatic heterocycles. The van der Waals surface area contributed by atoms with E-state index in [-0.39, 0.29) is 12.0 Å². The van der Waals surface area contributed by atoms with Crippen LogP contribution in [0.15, 0.2) is 42.6 Å². The Labute approximate surface area is 144 Å². The molecule has 7 heteroatoms. The van der Waals surface area contributed by atoms with Gasteiger partial charge < -0.3 is 16.0 Å². The highest BCUT2D eigenvalue weighted by atomic mass is 35.5. The number of rotatable bonds is 2. The number of aromatic nitrogens is 2. The van der Waals surface area contributed by atoms with Gasteiger partial charge in [0.05, 0.1) is 5.52 Å². The highest BCUT2D eigenvalue weighted by Crippen LogP contribution is 2.29. The summed E-state index contributed by atoms with van der Waals surface area (Å²) < 4.78 is 0. The third-order valence-corrected chi connectivity index (χ3v) is 3.71. The minimum atomic E-state index is -0.217. The number of nitrogens with zero attached hydrogens (tertiary/aromatic N) is 3. The first-order valence-corrected chi connectivity index (χ1v) is 7.62. The summed E-state index contributed by atoms with van der Waals surface area (Å²) in [4.78, 5) is 21.5. The van der Waals surface area contributed by atoms with Gasteiger partial charge in [-0.1, -0.05) is 17.7 Å². The van der Waals surface area contributed by atoms with Crippen LogP contribution in [0.25, 0.3) is 22.0 Å². The molecule has 122 valence electrons. The monoisotopic (exact) mass is 341 g/mol. The smallest absolute Gasteiger partial charge is 0.321 e. The summed E-state index contributed by atoms with van der Waals surface area (Å²) in [7, 11) is 3.35. The number of nitrogens with two attached hydrogens (primary N) is 1. The van der Waals surface area contributed by atoms with Crippen molar-refractivity contribution in [3.63, 3.8) is 0 Å². The van der Waals surface area contributed by atoms with Crippen molar-refractivity contribution in [2.75, 3.05) is 25.1 Å². The van der Waals surface area contributed by atoms with Crippen molar-refractivity contribution < 1.29 is 4.79 Å². The van der Waals surface area contributed by atoms with Crippen LogP contribution in [0, 0.1) is 0 Å². The van der Waals surface area contributed by atoms with E-state index in [9.17, 15) is 4.79 Å². The number of benzene rings is 2. The molecule has 6 nitrogen and oxygen atoms in total. The molecule has 3 N–H and O–H groups in total. The summed E-state index contributed by atoms with van der Waals surface area (Å²) in [5.41, 5.74) is 8.83. The first-order chi connectivity index (χ1) is 11.4. The van der Waals surface area contributed by atoms with Gasteiger partial charge in [0.2, 0.25) is 5.95 Å². The number of carbonyl (C=O) groups is 1. The van der Waals surface area contributed by atoms with Gasteiger partial charge in [0, 0.05) is 36.4 Å². The van der Waals surface area contributed by atoms with Crippen molar-refractivity contribution in [3.05, 3.63) is 47.6 Å². The molecule has 0 aliphatic heterocycles. The minimum absolute atomic E-state index is 0.217. The number of carbonyl (C=O) groups excluding carboxylic acids is 1. The zero-order valence-electron chi connectivity index (χ0n) is 13.2. The fourth-order valence-electron chi connectivity index (χ4n) is 2.29. The molecule has 3 rings (SSSR count). The van der Waals surface area contributed by atoms with Gasteiger partial charge in [-0.05, 0) is 41.5 Å². The summed E-state index contributed by atoms with van der Waals surface area (Å²) >= 11 is 6.20. The number of anilines is 2. The molecule has 0 unspecified atom stereocenters. The van der Waals surface area contributed by atoms with Crippen LogP contribution < -0.4 is 11.1 Å². The topological polar surface area (TPSA) is 84.1 Å². The lowest BCUT2D eigenvalue weighted by Gasteiger charge is -2.13. The second kappa shape index (κ2) is 6.33. The number of nitrogens with one attached hydrogen (secondary N) is 1. The van der Waals surface area contributed by atoms with E-state index in [0.29, 0.717) is 10.7 Å². The van der Waals surface area contributed by atoms with Crippen LogP contribution in [0.3, 0.4) is 0 Å². The number of nitrogen functional groups attached to an aromatic ring is 1. The molecule has 0 saturated carbocycles. The standard InChI is InChI=1S/C17H16ClN5O/c1-23(2)17(24)21-14-7-11(6-13(18)8-14)10-3-4-15-12(5-10)9-20-16(19)22-15/h3-9H,1-2H3,(H,21,24)(H2,19,20,22). The van der Waals surface area contributed by atoms with E-state index in [4.69, 9.17) is 17.3 Å². The average Bonchev–Trinajstić information content (AvgIpc) is 2.53. The zero-order chi connectivity index (χ0) is 17.3. The van der Waals surface area contributed by atoms with Gasteiger partial charge in [0.1, 0.15) is 0 Å². The van der Waals surface area contributed by atoms with Crippen molar-refractivity contribution in [2.45, 2.75) is 0 Å². The number of urea groups is 1. The van der Waals surface area contributed by atoms with Gasteiger partial charge in [-0.3, -0.25) is 0 Å². The third kappa shape index (κ3) is 3.38. The Bertz CT molecular complexity index is 926. The van der Waals surface area contributed by atoms with Gasteiger partial charge in [-0.25, -0.2) is 14.8 Å². The lowest BCUT2D eigenvalue weighted by atomic mass is 10.0. The molecular formula is C17H16ClN5O. The quantitative estimate of drug-likeness (QED) is 0.745. The maximum absolute atomic E-state index is 11.8. The maximum Gasteiger partial charge on any atom is 0.321 e. The Morgan fingerprint density at radius 2 is 1.96 bits per heavy atom. The van der Waals surface area contributed by atoms with E-state index in [2.05, 4.69) is 15.3 Å². The summed E-state index contributed by atoms with van der Waals surface area (Å²) in [6.07, 6.45) is 1.68. The lowest BCUT2D eigenvalue weighted by molar-refractivity contribution is 0.230. The summed E-state index contributed by atoms with van der Waals surface area (Å²) in [6.45, 7) is 0. The van der Waals surface area contributed by atoms with E-state index in [1.807, 2.05) is 30.3 Å². The van der Waals surface area contributed by atoms with E-state index < -0.39 is 0 Å². The van der Waals surface area contributed by atoms with Gasteiger partial charge in [0.25, 0.3) is 0 Å². The fourth-order valence-corrected chi connectivity index (χ4v) is 2.53. The zero-order valence-corrected chi connectivity index (χ0v) is 14.0. The van der Waals surface area contributed by atoms with Gasteiger partial charge >= 0.3 is 6.03 Å². The first kappa shape index (κ1) is 16.0. The number of hydrogen-bond donors (Lipinski definition) is 2. The molecule has 0 spiro atoms. The molecule has 0 radical (unpaired) electrons. The van der Waals surface area contributed by atoms with Gasteiger partial charge in [-0.15, -0.1) is 0 Å². The largest absolute Gasteiger partial charge is 0.368 e.